The number of benzene rings is 1. The zero-order valence-electron chi connectivity index (χ0n) is 11.9. The molecule has 7 heteroatoms. The summed E-state index contributed by atoms with van der Waals surface area (Å²) in [5, 5.41) is 10.6. The molecule has 2 atom stereocenters. The number of non-ortho nitro benzene ring substituents is 1. The molecule has 0 saturated carbocycles. The SMILES string of the molecule is CC1C=C(C(=O)OCc2ccc([N+](=O)[O-])cc2)N2C(=O)CC12. The molecule has 2 unspecified atom stereocenters. The highest BCUT2D eigenvalue weighted by atomic mass is 16.6. The molecule has 1 aromatic rings. The number of nitro benzene ring substituents is 1. The molecule has 1 aromatic carbocycles. The van der Waals surface area contributed by atoms with E-state index in [-0.39, 0.29) is 30.2 Å². The lowest BCUT2D eigenvalue weighted by Crippen LogP contribution is -2.51. The summed E-state index contributed by atoms with van der Waals surface area (Å²) in [5.41, 5.74) is 0.934. The number of amides is 1. The summed E-state index contributed by atoms with van der Waals surface area (Å²) in [5.74, 6) is -0.451. The van der Waals surface area contributed by atoms with Crippen molar-refractivity contribution in [3.05, 3.63) is 51.7 Å². The van der Waals surface area contributed by atoms with Crippen LogP contribution in [0.1, 0.15) is 18.9 Å². The molecule has 2 heterocycles. The Hall–Kier alpha value is -2.70. The van der Waals surface area contributed by atoms with E-state index < -0.39 is 10.9 Å². The van der Waals surface area contributed by atoms with Gasteiger partial charge in [-0.05, 0) is 29.7 Å². The Balaban J connectivity index is 1.62. The van der Waals surface area contributed by atoms with Crippen molar-refractivity contribution in [2.45, 2.75) is 26.0 Å². The first-order chi connectivity index (χ1) is 10.5. The number of esters is 1. The van der Waals surface area contributed by atoms with Crippen LogP contribution in [0.5, 0.6) is 0 Å². The first-order valence-electron chi connectivity index (χ1n) is 6.91. The Kier molecular flexibility index (Phi) is 3.40. The number of hydrogen-bond donors (Lipinski definition) is 0. The maximum atomic E-state index is 12.1. The van der Waals surface area contributed by atoms with E-state index in [0.717, 1.165) is 0 Å². The maximum Gasteiger partial charge on any atom is 0.355 e. The molecule has 0 N–H and O–H groups in total. The summed E-state index contributed by atoms with van der Waals surface area (Å²) < 4.78 is 5.19. The Labute approximate surface area is 126 Å². The topological polar surface area (TPSA) is 89.8 Å². The first kappa shape index (κ1) is 14.2. The highest BCUT2D eigenvalue weighted by Crippen LogP contribution is 2.37. The second kappa shape index (κ2) is 5.25. The average Bonchev–Trinajstić information content (AvgIpc) is 2.76. The molecule has 3 rings (SSSR count). The van der Waals surface area contributed by atoms with Gasteiger partial charge in [0, 0.05) is 18.6 Å². The van der Waals surface area contributed by atoms with Crippen LogP contribution in [0.15, 0.2) is 36.0 Å². The first-order valence-corrected chi connectivity index (χ1v) is 6.91. The number of β-lactam (4-membered cyclic amide) rings is 1. The van der Waals surface area contributed by atoms with Gasteiger partial charge in [0.1, 0.15) is 12.3 Å². The molecule has 1 saturated heterocycles. The molecule has 0 aromatic heterocycles. The monoisotopic (exact) mass is 302 g/mol. The van der Waals surface area contributed by atoms with Crippen molar-refractivity contribution in [2.75, 3.05) is 0 Å². The number of nitrogens with zero attached hydrogens (tertiary/aromatic N) is 2. The average molecular weight is 302 g/mol. The minimum atomic E-state index is -0.541. The van der Waals surface area contributed by atoms with Gasteiger partial charge in [-0.1, -0.05) is 6.92 Å². The summed E-state index contributed by atoms with van der Waals surface area (Å²) in [6, 6.07) is 5.86. The number of carbonyl (C=O) groups excluding carboxylic acids is 2. The fourth-order valence-electron chi connectivity index (χ4n) is 2.72. The third-order valence-corrected chi connectivity index (χ3v) is 4.00. The number of rotatable bonds is 4. The summed E-state index contributed by atoms with van der Waals surface area (Å²) in [6.07, 6.45) is 2.23. The molecular weight excluding hydrogens is 288 g/mol. The van der Waals surface area contributed by atoms with Gasteiger partial charge in [-0.15, -0.1) is 0 Å². The van der Waals surface area contributed by atoms with Gasteiger partial charge in [0.15, 0.2) is 0 Å². The predicted octanol–water partition coefficient (Wildman–Crippen LogP) is 1.77. The maximum absolute atomic E-state index is 12.1. The fraction of sp³-hybridized carbons (Fsp3) is 0.333. The van der Waals surface area contributed by atoms with Crippen LogP contribution in [0.2, 0.25) is 0 Å². The van der Waals surface area contributed by atoms with Crippen molar-refractivity contribution in [1.82, 2.24) is 4.90 Å². The summed E-state index contributed by atoms with van der Waals surface area (Å²) in [6.45, 7) is 1.97. The standard InChI is InChI=1S/C15H14N2O5/c1-9-6-13(16-12(9)7-14(16)18)15(19)22-8-10-2-4-11(5-3-10)17(20)21/h2-6,9,12H,7-8H2,1H3. The summed E-state index contributed by atoms with van der Waals surface area (Å²) >= 11 is 0. The third kappa shape index (κ3) is 2.34. The largest absolute Gasteiger partial charge is 0.456 e. The van der Waals surface area contributed by atoms with E-state index in [1.807, 2.05) is 6.92 Å². The lowest BCUT2D eigenvalue weighted by atomic mass is 9.94. The predicted molar refractivity (Wildman–Crippen MR) is 75.4 cm³/mol. The molecule has 22 heavy (non-hydrogen) atoms. The van der Waals surface area contributed by atoms with Gasteiger partial charge in [-0.3, -0.25) is 14.9 Å². The fourth-order valence-corrected chi connectivity index (χ4v) is 2.72. The van der Waals surface area contributed by atoms with Crippen molar-refractivity contribution >= 4 is 17.6 Å². The Morgan fingerprint density at radius 2 is 2.09 bits per heavy atom. The summed E-state index contributed by atoms with van der Waals surface area (Å²) in [4.78, 5) is 35.2. The van der Waals surface area contributed by atoms with Gasteiger partial charge in [0.2, 0.25) is 5.91 Å². The molecule has 1 amide bonds. The number of fused-ring (bicyclic) bond motifs is 1. The Morgan fingerprint density at radius 3 is 2.68 bits per heavy atom. The Bertz CT molecular complexity index is 680. The van der Waals surface area contributed by atoms with Gasteiger partial charge in [-0.25, -0.2) is 4.79 Å². The lowest BCUT2D eigenvalue weighted by Gasteiger charge is -2.37. The lowest BCUT2D eigenvalue weighted by molar-refractivity contribution is -0.384. The van der Waals surface area contributed by atoms with Crippen molar-refractivity contribution < 1.29 is 19.2 Å². The number of hydrogen-bond acceptors (Lipinski definition) is 5. The van der Waals surface area contributed by atoms with Crippen LogP contribution in [-0.2, 0) is 20.9 Å². The highest BCUT2D eigenvalue weighted by Gasteiger charge is 2.47. The summed E-state index contributed by atoms with van der Waals surface area (Å²) in [7, 11) is 0. The molecule has 2 aliphatic rings. The van der Waals surface area contributed by atoms with Crippen LogP contribution in [-0.4, -0.2) is 27.7 Å². The van der Waals surface area contributed by atoms with Crippen LogP contribution < -0.4 is 0 Å². The highest BCUT2D eigenvalue weighted by molar-refractivity contribution is 5.98. The van der Waals surface area contributed by atoms with Crippen molar-refractivity contribution in [1.29, 1.82) is 0 Å². The van der Waals surface area contributed by atoms with Crippen LogP contribution in [0.3, 0.4) is 0 Å². The molecule has 0 spiro atoms. The number of carbonyl (C=O) groups is 2. The number of nitro groups is 1. The molecule has 7 nitrogen and oxygen atoms in total. The number of ether oxygens (including phenoxy) is 1. The minimum Gasteiger partial charge on any atom is -0.456 e. The van der Waals surface area contributed by atoms with Gasteiger partial charge in [0.05, 0.1) is 11.0 Å². The van der Waals surface area contributed by atoms with Crippen molar-refractivity contribution in [3.8, 4) is 0 Å². The molecule has 2 aliphatic heterocycles. The van der Waals surface area contributed by atoms with E-state index in [4.69, 9.17) is 4.74 Å². The molecule has 114 valence electrons. The van der Waals surface area contributed by atoms with Gasteiger partial charge in [-0.2, -0.15) is 0 Å². The van der Waals surface area contributed by atoms with Gasteiger partial charge in [0.25, 0.3) is 5.69 Å². The quantitative estimate of drug-likeness (QED) is 0.366. The molecule has 0 radical (unpaired) electrons. The van der Waals surface area contributed by atoms with Crippen molar-refractivity contribution in [3.63, 3.8) is 0 Å². The zero-order chi connectivity index (χ0) is 15.9. The second-order valence-electron chi connectivity index (χ2n) is 5.45. The van der Waals surface area contributed by atoms with Crippen LogP contribution in [0.4, 0.5) is 5.69 Å². The zero-order valence-corrected chi connectivity index (χ0v) is 11.9. The van der Waals surface area contributed by atoms with Crippen LogP contribution in [0.25, 0.3) is 0 Å². The molecular formula is C15H14N2O5. The van der Waals surface area contributed by atoms with E-state index in [0.29, 0.717) is 17.7 Å². The molecule has 0 bridgehead atoms. The Morgan fingerprint density at radius 1 is 1.41 bits per heavy atom. The van der Waals surface area contributed by atoms with Crippen LogP contribution >= 0.6 is 0 Å². The minimum absolute atomic E-state index is 0.00917. The van der Waals surface area contributed by atoms with Crippen molar-refractivity contribution in [2.24, 2.45) is 5.92 Å². The third-order valence-electron chi connectivity index (χ3n) is 4.00. The molecule has 1 fully saturated rings. The van der Waals surface area contributed by atoms with Crippen LogP contribution in [0, 0.1) is 16.0 Å². The van der Waals surface area contributed by atoms with E-state index in [9.17, 15) is 19.7 Å². The normalized spacial score (nSPS) is 22.7. The van der Waals surface area contributed by atoms with E-state index in [1.54, 1.807) is 6.08 Å². The van der Waals surface area contributed by atoms with Gasteiger partial charge < -0.3 is 9.64 Å². The van der Waals surface area contributed by atoms with E-state index in [1.165, 1.54) is 29.2 Å². The second-order valence-corrected chi connectivity index (χ2v) is 5.45. The van der Waals surface area contributed by atoms with E-state index in [2.05, 4.69) is 0 Å². The van der Waals surface area contributed by atoms with E-state index >= 15 is 0 Å². The smallest absolute Gasteiger partial charge is 0.355 e. The molecule has 0 aliphatic carbocycles. The van der Waals surface area contributed by atoms with Gasteiger partial charge >= 0.3 is 5.97 Å².